The van der Waals surface area contributed by atoms with Gasteiger partial charge in [-0.2, -0.15) is 0 Å². The molecule has 1 aliphatic rings. The molecule has 0 saturated carbocycles. The van der Waals surface area contributed by atoms with E-state index in [2.05, 4.69) is 63.9 Å². The van der Waals surface area contributed by atoms with E-state index in [1.54, 1.807) is 30.5 Å². The Morgan fingerprint density at radius 1 is 0.978 bits per heavy atom. The fraction of sp³-hybridized carbons (Fsp3) is 0.205. The van der Waals surface area contributed by atoms with Gasteiger partial charge in [0.1, 0.15) is 0 Å². The molecule has 1 radical (unpaired) electrons. The average Bonchev–Trinajstić information content (AvgIpc) is 3.63. The predicted octanol–water partition coefficient (Wildman–Crippen LogP) is 9.66. The van der Waals surface area contributed by atoms with Gasteiger partial charge in [0, 0.05) is 50.8 Å². The summed E-state index contributed by atoms with van der Waals surface area (Å²) in [7, 11) is 0. The number of rotatable bonds is 3. The van der Waals surface area contributed by atoms with Crippen LogP contribution in [0.2, 0.25) is 0 Å². The van der Waals surface area contributed by atoms with E-state index in [1.807, 2.05) is 45.0 Å². The average molecular weight is 772 g/mol. The molecule has 1 aliphatic heterocycles. The number of para-hydroxylation sites is 1. The number of nitrogens with zero attached hydrogens (tertiary/aromatic N) is 4. The first-order valence-corrected chi connectivity index (χ1v) is 14.6. The zero-order chi connectivity index (χ0) is 34.7. The van der Waals surface area contributed by atoms with Crippen LogP contribution in [0.5, 0.6) is 0 Å². The standard InChI is InChI=1S/C22H21N2O.C17H13N2.Ir/c1-14-8-9-17-16-6-5-7-18(20(16)25-21(17)24-14)19-12-15(10-11-23-19)13-22(2,3)4;1-12-10-14-8-5-9-15-16(14)19(11-12)17(18-15)13-6-3-2-4-7-13;/h5-6,8-12H,13H2,1-4H3;2-6,8-10H,11H2,1H3;/q2*-1;/i1D3,13D2;;. The minimum absolute atomic E-state index is 0. The Balaban J connectivity index is 0.000000185. The van der Waals surface area contributed by atoms with Gasteiger partial charge in [-0.1, -0.05) is 67.1 Å². The van der Waals surface area contributed by atoms with Crippen LogP contribution in [0.25, 0.3) is 61.8 Å². The van der Waals surface area contributed by atoms with Crippen LogP contribution >= 0.6 is 0 Å². The van der Waals surface area contributed by atoms with E-state index in [1.165, 1.54) is 22.7 Å². The number of aromatic nitrogens is 4. The van der Waals surface area contributed by atoms with Gasteiger partial charge in [-0.3, -0.25) is 4.98 Å². The Hall–Kier alpha value is -4.38. The van der Waals surface area contributed by atoms with Crippen molar-refractivity contribution in [2.24, 2.45) is 5.41 Å². The van der Waals surface area contributed by atoms with Gasteiger partial charge in [-0.25, -0.2) is 4.98 Å². The van der Waals surface area contributed by atoms with Crippen LogP contribution in [0.1, 0.15) is 51.4 Å². The zero-order valence-corrected chi connectivity index (χ0v) is 27.8. The van der Waals surface area contributed by atoms with Gasteiger partial charge in [0.15, 0.2) is 0 Å². The van der Waals surface area contributed by atoms with Crippen LogP contribution in [0, 0.1) is 24.4 Å². The van der Waals surface area contributed by atoms with E-state index in [0.717, 1.165) is 28.8 Å². The first kappa shape index (κ1) is 24.9. The van der Waals surface area contributed by atoms with Crippen LogP contribution < -0.4 is 0 Å². The predicted molar refractivity (Wildman–Crippen MR) is 179 cm³/mol. The van der Waals surface area contributed by atoms with Crippen molar-refractivity contribution < 1.29 is 31.4 Å². The van der Waals surface area contributed by atoms with Gasteiger partial charge in [-0.15, -0.1) is 54.1 Å². The maximum atomic E-state index is 8.55. The Morgan fingerprint density at radius 2 is 1.87 bits per heavy atom. The Bertz CT molecular complexity index is 2390. The van der Waals surface area contributed by atoms with Gasteiger partial charge < -0.3 is 14.0 Å². The number of benzene rings is 3. The number of aryl methyl sites for hydroxylation is 1. The molecule has 0 atom stereocenters. The maximum Gasteiger partial charge on any atom is 0.216 e. The number of fused-ring (bicyclic) bond motifs is 3. The third-order valence-corrected chi connectivity index (χ3v) is 7.39. The summed E-state index contributed by atoms with van der Waals surface area (Å²) in [6.45, 7) is 6.32. The molecule has 0 N–H and O–H groups in total. The van der Waals surface area contributed by atoms with Crippen molar-refractivity contribution in [3.8, 4) is 22.6 Å². The summed E-state index contributed by atoms with van der Waals surface area (Å²) in [5.74, 6) is 1.01. The number of allylic oxidation sites excluding steroid dienone is 1. The SMILES string of the molecule is CC1=Cc2cccc3nc(-c4[c-]cccc4)n(c23)C1.[2H]C([2H])([2H])c1ccc2c(n1)oc1c(-c3cc(C([2H])([2H])C(C)(C)C)ccn3)[c-]ccc12.[Ir]. The van der Waals surface area contributed by atoms with Gasteiger partial charge in [0.2, 0.25) is 5.71 Å². The number of hydrogen-bond acceptors (Lipinski definition) is 4. The molecular weight excluding hydrogens is 733 g/mol. The third-order valence-electron chi connectivity index (χ3n) is 7.39. The van der Waals surface area contributed by atoms with Gasteiger partial charge in [0.25, 0.3) is 0 Å². The molecule has 3 aromatic carbocycles. The van der Waals surface area contributed by atoms with Crippen molar-refractivity contribution in [3.05, 3.63) is 120 Å². The molecule has 6 heteroatoms. The quantitative estimate of drug-likeness (QED) is 0.168. The molecule has 0 saturated heterocycles. The van der Waals surface area contributed by atoms with Crippen molar-refractivity contribution in [1.29, 1.82) is 0 Å². The molecule has 5 nitrogen and oxygen atoms in total. The summed E-state index contributed by atoms with van der Waals surface area (Å²) in [6.07, 6.45) is 2.26. The molecule has 0 aliphatic carbocycles. The minimum atomic E-state index is -2.32. The van der Waals surface area contributed by atoms with E-state index in [9.17, 15) is 0 Å². The molecule has 0 unspecified atom stereocenters. The largest absolute Gasteiger partial charge is 0.486 e. The van der Waals surface area contributed by atoms with Crippen molar-refractivity contribution >= 4 is 39.2 Å². The molecule has 0 bridgehead atoms. The number of imidazole rings is 1. The Kier molecular flexibility index (Phi) is 6.74. The van der Waals surface area contributed by atoms with Crippen LogP contribution in [0.4, 0.5) is 0 Å². The van der Waals surface area contributed by atoms with Crippen LogP contribution in [0.15, 0.2) is 95.0 Å². The fourth-order valence-electron chi connectivity index (χ4n) is 5.67. The normalized spacial score (nSPS) is 14.8. The Morgan fingerprint density at radius 3 is 2.67 bits per heavy atom. The van der Waals surface area contributed by atoms with Crippen molar-refractivity contribution in [3.63, 3.8) is 0 Å². The van der Waals surface area contributed by atoms with Crippen LogP contribution in [-0.4, -0.2) is 19.5 Å². The zero-order valence-electron chi connectivity index (χ0n) is 30.4. The van der Waals surface area contributed by atoms with E-state index >= 15 is 0 Å². The second-order valence-electron chi connectivity index (χ2n) is 12.1. The summed E-state index contributed by atoms with van der Waals surface area (Å²) >= 11 is 0. The summed E-state index contributed by atoms with van der Waals surface area (Å²) in [6, 6.07) is 30.9. The molecule has 0 fully saturated rings. The first-order chi connectivity index (χ1) is 23.2. The molecule has 7 aromatic rings. The summed E-state index contributed by atoms with van der Waals surface area (Å²) < 4.78 is 48.1. The molecule has 5 heterocycles. The monoisotopic (exact) mass is 772 g/mol. The second kappa shape index (κ2) is 12.2. The summed E-state index contributed by atoms with van der Waals surface area (Å²) in [5, 5.41) is 1.48. The van der Waals surface area contributed by atoms with Crippen molar-refractivity contribution in [2.45, 2.75) is 47.5 Å². The van der Waals surface area contributed by atoms with Gasteiger partial charge in [0.05, 0.1) is 22.4 Å². The van der Waals surface area contributed by atoms with Crippen LogP contribution in [-0.2, 0) is 33.0 Å². The van der Waals surface area contributed by atoms with E-state index in [0.29, 0.717) is 27.8 Å². The summed E-state index contributed by atoms with van der Waals surface area (Å²) in [4.78, 5) is 13.4. The molecule has 0 spiro atoms. The molecule has 227 valence electrons. The number of hydrogen-bond donors (Lipinski definition) is 0. The van der Waals surface area contributed by atoms with Gasteiger partial charge in [-0.05, 0) is 61.1 Å². The maximum absolute atomic E-state index is 8.55. The number of furan rings is 1. The number of pyridine rings is 2. The van der Waals surface area contributed by atoms with E-state index in [-0.39, 0.29) is 31.5 Å². The molecule has 4 aromatic heterocycles. The van der Waals surface area contributed by atoms with E-state index < -0.39 is 18.6 Å². The molecule has 45 heavy (non-hydrogen) atoms. The smallest absolute Gasteiger partial charge is 0.216 e. The fourth-order valence-corrected chi connectivity index (χ4v) is 5.67. The van der Waals surface area contributed by atoms with Gasteiger partial charge >= 0.3 is 0 Å². The first-order valence-electron chi connectivity index (χ1n) is 17.1. The van der Waals surface area contributed by atoms with E-state index in [4.69, 9.17) is 16.3 Å². The summed E-state index contributed by atoms with van der Waals surface area (Å²) in [5.41, 5.74) is 7.69. The topological polar surface area (TPSA) is 56.7 Å². The van der Waals surface area contributed by atoms with Crippen molar-refractivity contribution in [1.82, 2.24) is 19.5 Å². The molecule has 0 amide bonds. The second-order valence-corrected chi connectivity index (χ2v) is 12.1. The van der Waals surface area contributed by atoms with Crippen molar-refractivity contribution in [2.75, 3.05) is 0 Å². The Labute approximate surface area is 284 Å². The minimum Gasteiger partial charge on any atom is -0.486 e. The third kappa shape index (κ3) is 6.13. The molecule has 8 rings (SSSR count). The molecular formula is C39H34IrN4O-2. The van der Waals surface area contributed by atoms with Crippen LogP contribution in [0.3, 0.4) is 0 Å².